The predicted octanol–water partition coefficient (Wildman–Crippen LogP) is 5.88. The molecule has 0 atom stereocenters. The van der Waals surface area contributed by atoms with Crippen molar-refractivity contribution in [3.05, 3.63) is 24.3 Å². The first-order valence-corrected chi connectivity index (χ1v) is 9.25. The van der Waals surface area contributed by atoms with Crippen LogP contribution < -0.4 is 0 Å². The molecule has 0 aliphatic rings. The quantitative estimate of drug-likeness (QED) is 0.309. The van der Waals surface area contributed by atoms with Crippen molar-refractivity contribution in [1.82, 2.24) is 0 Å². The van der Waals surface area contributed by atoms with Crippen LogP contribution in [0.1, 0.15) is 90.9 Å². The third-order valence-electron chi connectivity index (χ3n) is 3.36. The normalized spacial score (nSPS) is 10.9. The fraction of sp³-hybridized carbons (Fsp3) is 0.750. The van der Waals surface area contributed by atoms with Crippen molar-refractivity contribution in [2.24, 2.45) is 0 Å². The lowest BCUT2D eigenvalue weighted by molar-refractivity contribution is -0.134. The summed E-state index contributed by atoms with van der Waals surface area (Å²) in [5.41, 5.74) is 0. The number of hydrogen-bond acceptors (Lipinski definition) is 2. The highest BCUT2D eigenvalue weighted by Crippen LogP contribution is 2.07. The minimum atomic E-state index is -0.833. The second kappa shape index (κ2) is 23.2. The maximum absolute atomic E-state index is 9.00. The van der Waals surface area contributed by atoms with Gasteiger partial charge in [-0.3, -0.25) is 4.79 Å². The summed E-state index contributed by atoms with van der Waals surface area (Å²) in [6.45, 7) is 3.69. The van der Waals surface area contributed by atoms with Gasteiger partial charge in [-0.25, -0.2) is 0 Å². The molecule has 0 radical (unpaired) electrons. The van der Waals surface area contributed by atoms with E-state index in [0.717, 1.165) is 19.8 Å². The molecule has 0 aliphatic heterocycles. The summed E-state index contributed by atoms with van der Waals surface area (Å²) in [5.74, 6) is -0.833. The first kappa shape index (κ1) is 24.2. The first-order valence-electron chi connectivity index (χ1n) is 9.25. The van der Waals surface area contributed by atoms with Crippen LogP contribution in [-0.4, -0.2) is 22.8 Å². The fourth-order valence-electron chi connectivity index (χ4n) is 2.10. The Morgan fingerprint density at radius 2 is 1.22 bits per heavy atom. The molecule has 3 nitrogen and oxygen atoms in total. The molecular weight excluding hydrogens is 288 g/mol. The van der Waals surface area contributed by atoms with Crippen molar-refractivity contribution in [3.8, 4) is 0 Å². The highest BCUT2D eigenvalue weighted by atomic mass is 16.4. The number of unbranched alkanes of at least 4 members (excludes halogenated alkanes) is 9. The minimum Gasteiger partial charge on any atom is -0.481 e. The SMILES string of the molecule is CC(=O)O.CCCCC/C=C\C/C=C\CCCCCCCCO. The van der Waals surface area contributed by atoms with Crippen molar-refractivity contribution in [3.63, 3.8) is 0 Å². The van der Waals surface area contributed by atoms with E-state index in [1.165, 1.54) is 64.2 Å². The van der Waals surface area contributed by atoms with Gasteiger partial charge < -0.3 is 10.2 Å². The standard InChI is InChI=1S/C18H34O.C2H4O2/c1-2-3-4-5-6-7-8-9-10-11-12-13-14-15-16-17-18-19;1-2(3)4/h6-7,9-10,19H,2-5,8,11-18H2,1H3;1H3,(H,3,4)/b7-6-,10-9-;. The molecule has 0 amide bonds. The molecule has 0 spiro atoms. The Kier molecular flexibility index (Phi) is 24.4. The summed E-state index contributed by atoms with van der Waals surface area (Å²) in [5, 5.41) is 16.1. The Balaban J connectivity index is 0. The van der Waals surface area contributed by atoms with Gasteiger partial charge in [-0.15, -0.1) is 0 Å². The van der Waals surface area contributed by atoms with Crippen LogP contribution in [0.3, 0.4) is 0 Å². The minimum absolute atomic E-state index is 0.356. The molecule has 2 N–H and O–H groups in total. The predicted molar refractivity (Wildman–Crippen MR) is 99.8 cm³/mol. The lowest BCUT2D eigenvalue weighted by atomic mass is 10.1. The topological polar surface area (TPSA) is 57.5 Å². The maximum atomic E-state index is 9.00. The molecule has 3 heteroatoms. The summed E-state index contributed by atoms with van der Waals surface area (Å²) >= 11 is 0. The summed E-state index contributed by atoms with van der Waals surface area (Å²) in [6, 6.07) is 0. The Morgan fingerprint density at radius 1 is 0.783 bits per heavy atom. The van der Waals surface area contributed by atoms with Crippen LogP contribution in [-0.2, 0) is 4.79 Å². The first-order chi connectivity index (χ1) is 11.1. The zero-order chi connectivity index (χ0) is 17.6. The second-order valence-electron chi connectivity index (χ2n) is 5.83. The van der Waals surface area contributed by atoms with Crippen molar-refractivity contribution >= 4 is 5.97 Å². The average Bonchev–Trinajstić information content (AvgIpc) is 2.50. The average molecular weight is 327 g/mol. The van der Waals surface area contributed by atoms with Gasteiger partial charge in [-0.2, -0.15) is 0 Å². The number of carboxylic acid groups (broad SMARTS) is 1. The van der Waals surface area contributed by atoms with E-state index in [0.29, 0.717) is 6.61 Å². The Bertz CT molecular complexity index is 279. The zero-order valence-electron chi connectivity index (χ0n) is 15.3. The lowest BCUT2D eigenvalue weighted by Crippen LogP contribution is -1.83. The second-order valence-corrected chi connectivity index (χ2v) is 5.83. The highest BCUT2D eigenvalue weighted by molar-refractivity contribution is 5.62. The van der Waals surface area contributed by atoms with Crippen LogP contribution in [0.5, 0.6) is 0 Å². The van der Waals surface area contributed by atoms with Gasteiger partial charge >= 0.3 is 0 Å². The number of hydrogen-bond donors (Lipinski definition) is 2. The zero-order valence-corrected chi connectivity index (χ0v) is 15.3. The molecule has 0 aromatic rings. The van der Waals surface area contributed by atoms with Crippen LogP contribution in [0.15, 0.2) is 24.3 Å². The van der Waals surface area contributed by atoms with E-state index in [9.17, 15) is 0 Å². The van der Waals surface area contributed by atoms with Crippen molar-refractivity contribution < 1.29 is 15.0 Å². The summed E-state index contributed by atoms with van der Waals surface area (Å²) in [4.78, 5) is 9.00. The fourth-order valence-corrected chi connectivity index (χ4v) is 2.10. The van der Waals surface area contributed by atoms with Crippen LogP contribution in [0, 0.1) is 0 Å². The van der Waals surface area contributed by atoms with Gasteiger partial charge in [0.2, 0.25) is 0 Å². The number of aliphatic hydroxyl groups is 1. The van der Waals surface area contributed by atoms with Crippen LogP contribution in [0.2, 0.25) is 0 Å². The third kappa shape index (κ3) is 33.6. The number of carbonyl (C=O) groups is 1. The number of carboxylic acids is 1. The molecule has 0 aromatic heterocycles. The number of rotatable bonds is 14. The van der Waals surface area contributed by atoms with Gasteiger partial charge in [0.25, 0.3) is 5.97 Å². The molecule has 0 bridgehead atoms. The third-order valence-corrected chi connectivity index (χ3v) is 3.36. The van der Waals surface area contributed by atoms with Crippen LogP contribution in [0.4, 0.5) is 0 Å². The molecule has 0 fully saturated rings. The summed E-state index contributed by atoms with van der Waals surface area (Å²) in [7, 11) is 0. The molecule has 0 rings (SSSR count). The Hall–Kier alpha value is -1.09. The van der Waals surface area contributed by atoms with Crippen molar-refractivity contribution in [2.75, 3.05) is 6.61 Å². The lowest BCUT2D eigenvalue weighted by Gasteiger charge is -1.98. The van der Waals surface area contributed by atoms with Crippen molar-refractivity contribution in [1.29, 1.82) is 0 Å². The van der Waals surface area contributed by atoms with Crippen LogP contribution >= 0.6 is 0 Å². The number of aliphatic carboxylic acids is 1. The van der Waals surface area contributed by atoms with Gasteiger partial charge in [0.1, 0.15) is 0 Å². The van der Waals surface area contributed by atoms with E-state index in [1.54, 1.807) is 0 Å². The van der Waals surface area contributed by atoms with E-state index in [4.69, 9.17) is 15.0 Å². The van der Waals surface area contributed by atoms with Gasteiger partial charge in [0.15, 0.2) is 0 Å². The Morgan fingerprint density at radius 3 is 1.70 bits per heavy atom. The van der Waals surface area contributed by atoms with E-state index in [1.807, 2.05) is 0 Å². The molecule has 136 valence electrons. The van der Waals surface area contributed by atoms with E-state index < -0.39 is 5.97 Å². The molecular formula is C20H38O3. The molecule has 0 saturated carbocycles. The van der Waals surface area contributed by atoms with Gasteiger partial charge in [-0.05, 0) is 38.5 Å². The molecule has 0 unspecified atom stereocenters. The number of allylic oxidation sites excluding steroid dienone is 4. The van der Waals surface area contributed by atoms with Gasteiger partial charge in [-0.1, -0.05) is 69.8 Å². The van der Waals surface area contributed by atoms with E-state index in [2.05, 4.69) is 31.2 Å². The smallest absolute Gasteiger partial charge is 0.300 e. The summed E-state index contributed by atoms with van der Waals surface area (Å²) < 4.78 is 0. The van der Waals surface area contributed by atoms with Gasteiger partial charge in [0, 0.05) is 13.5 Å². The van der Waals surface area contributed by atoms with Gasteiger partial charge in [0.05, 0.1) is 0 Å². The molecule has 0 aliphatic carbocycles. The monoisotopic (exact) mass is 326 g/mol. The molecule has 0 saturated heterocycles. The summed E-state index contributed by atoms with van der Waals surface area (Å²) in [6.07, 6.45) is 24.2. The molecule has 0 aromatic carbocycles. The maximum Gasteiger partial charge on any atom is 0.300 e. The van der Waals surface area contributed by atoms with E-state index in [-0.39, 0.29) is 0 Å². The van der Waals surface area contributed by atoms with Crippen molar-refractivity contribution in [2.45, 2.75) is 90.9 Å². The highest BCUT2D eigenvalue weighted by Gasteiger charge is 1.89. The largest absolute Gasteiger partial charge is 0.481 e. The molecule has 23 heavy (non-hydrogen) atoms. The Labute approximate surface area is 143 Å². The molecule has 0 heterocycles. The number of aliphatic hydroxyl groups excluding tert-OH is 1. The van der Waals surface area contributed by atoms with Crippen LogP contribution in [0.25, 0.3) is 0 Å². The van der Waals surface area contributed by atoms with E-state index >= 15 is 0 Å².